The second kappa shape index (κ2) is 10.1. The van der Waals surface area contributed by atoms with Crippen LogP contribution >= 0.6 is 22.9 Å². The predicted octanol–water partition coefficient (Wildman–Crippen LogP) is 5.40. The van der Waals surface area contributed by atoms with Gasteiger partial charge in [0, 0.05) is 17.1 Å². The van der Waals surface area contributed by atoms with Gasteiger partial charge in [-0.3, -0.25) is 9.59 Å². The maximum absolute atomic E-state index is 13.3. The third-order valence-corrected chi connectivity index (χ3v) is 6.57. The van der Waals surface area contributed by atoms with Crippen LogP contribution in [0.3, 0.4) is 0 Å². The van der Waals surface area contributed by atoms with Gasteiger partial charge in [-0.25, -0.2) is 0 Å². The first-order valence-corrected chi connectivity index (χ1v) is 11.5. The van der Waals surface area contributed by atoms with Crippen LogP contribution in [0.1, 0.15) is 34.1 Å². The number of hydrogen-bond donors (Lipinski definition) is 1. The monoisotopic (exact) mass is 470 g/mol. The molecule has 1 N–H and O–H groups in total. The first-order valence-electron chi connectivity index (χ1n) is 10.3. The molecule has 2 amide bonds. The maximum atomic E-state index is 13.3. The SMILES string of the molecule is COc1ccc(NC(=O)COc2ccccc2C(=O)N2CCCC2c2cccs2)cc1Cl. The quantitative estimate of drug-likeness (QED) is 0.501. The summed E-state index contributed by atoms with van der Waals surface area (Å²) >= 11 is 7.77. The van der Waals surface area contributed by atoms with Crippen molar-refractivity contribution in [3.8, 4) is 11.5 Å². The van der Waals surface area contributed by atoms with Crippen molar-refractivity contribution in [3.63, 3.8) is 0 Å². The summed E-state index contributed by atoms with van der Waals surface area (Å²) in [4.78, 5) is 28.8. The molecule has 1 aromatic heterocycles. The number of likely N-dealkylation sites (tertiary alicyclic amines) is 1. The number of nitrogens with zero attached hydrogens (tertiary/aromatic N) is 1. The van der Waals surface area contributed by atoms with E-state index >= 15 is 0 Å². The highest BCUT2D eigenvalue weighted by Crippen LogP contribution is 2.36. The van der Waals surface area contributed by atoms with Gasteiger partial charge in [-0.05, 0) is 54.6 Å². The van der Waals surface area contributed by atoms with Crippen LogP contribution in [0.2, 0.25) is 5.02 Å². The Hall–Kier alpha value is -3.03. The lowest BCUT2D eigenvalue weighted by Crippen LogP contribution is -2.31. The number of methoxy groups -OCH3 is 1. The van der Waals surface area contributed by atoms with Crippen molar-refractivity contribution in [2.75, 3.05) is 25.6 Å². The number of carbonyl (C=O) groups excluding carboxylic acids is 2. The third kappa shape index (κ3) is 4.89. The number of halogens is 1. The van der Waals surface area contributed by atoms with Crippen LogP contribution in [0, 0.1) is 0 Å². The fourth-order valence-electron chi connectivity index (χ4n) is 3.79. The minimum atomic E-state index is -0.355. The molecule has 2 heterocycles. The first-order chi connectivity index (χ1) is 15.6. The maximum Gasteiger partial charge on any atom is 0.262 e. The Morgan fingerprint density at radius 2 is 2.00 bits per heavy atom. The number of para-hydroxylation sites is 1. The minimum absolute atomic E-state index is 0.0821. The van der Waals surface area contributed by atoms with E-state index in [1.807, 2.05) is 16.3 Å². The van der Waals surface area contributed by atoms with Crippen molar-refractivity contribution in [1.82, 2.24) is 4.90 Å². The van der Waals surface area contributed by atoms with Crippen molar-refractivity contribution >= 4 is 40.4 Å². The molecule has 1 fully saturated rings. The average molecular weight is 471 g/mol. The topological polar surface area (TPSA) is 67.9 Å². The smallest absolute Gasteiger partial charge is 0.262 e. The van der Waals surface area contributed by atoms with Crippen LogP contribution in [-0.4, -0.2) is 37.0 Å². The second-order valence-corrected chi connectivity index (χ2v) is 8.74. The zero-order valence-electron chi connectivity index (χ0n) is 17.5. The molecule has 1 aliphatic rings. The molecule has 166 valence electrons. The molecule has 0 radical (unpaired) electrons. The lowest BCUT2D eigenvalue weighted by molar-refractivity contribution is -0.118. The van der Waals surface area contributed by atoms with Crippen LogP contribution in [0.25, 0.3) is 0 Å². The molecule has 3 aromatic rings. The number of anilines is 1. The van der Waals surface area contributed by atoms with Gasteiger partial charge in [-0.15, -0.1) is 11.3 Å². The molecule has 1 atom stereocenters. The molecular formula is C24H23ClN2O4S. The molecular weight excluding hydrogens is 448 g/mol. The lowest BCUT2D eigenvalue weighted by atomic mass is 10.1. The van der Waals surface area contributed by atoms with Crippen LogP contribution in [0.15, 0.2) is 60.0 Å². The molecule has 6 nitrogen and oxygen atoms in total. The largest absolute Gasteiger partial charge is 0.495 e. The number of amides is 2. The Bertz CT molecular complexity index is 1100. The molecule has 8 heteroatoms. The molecule has 0 saturated carbocycles. The summed E-state index contributed by atoms with van der Waals surface area (Å²) in [6.07, 6.45) is 1.91. The van der Waals surface area contributed by atoms with Crippen LogP contribution in [0.5, 0.6) is 11.5 Å². The summed E-state index contributed by atoms with van der Waals surface area (Å²) < 4.78 is 10.9. The molecule has 0 spiro atoms. The molecule has 1 unspecified atom stereocenters. The summed E-state index contributed by atoms with van der Waals surface area (Å²) in [5.41, 5.74) is 0.987. The van der Waals surface area contributed by atoms with E-state index in [0.717, 1.165) is 12.8 Å². The zero-order valence-corrected chi connectivity index (χ0v) is 19.1. The van der Waals surface area contributed by atoms with E-state index in [9.17, 15) is 9.59 Å². The standard InChI is InChI=1S/C24H23ClN2O4S/c1-30-21-11-10-16(14-18(21)25)26-23(28)15-31-20-8-3-2-6-17(20)24(29)27-12-4-7-19(27)22-9-5-13-32-22/h2-3,5-6,8-11,13-14,19H,4,7,12,15H2,1H3,(H,26,28). The van der Waals surface area contributed by atoms with Gasteiger partial charge in [0.2, 0.25) is 0 Å². The van der Waals surface area contributed by atoms with Gasteiger partial charge in [0.25, 0.3) is 11.8 Å². The molecule has 1 aliphatic heterocycles. The van der Waals surface area contributed by atoms with E-state index in [-0.39, 0.29) is 24.5 Å². The van der Waals surface area contributed by atoms with E-state index in [1.165, 1.54) is 12.0 Å². The second-order valence-electron chi connectivity index (χ2n) is 7.35. The summed E-state index contributed by atoms with van der Waals surface area (Å²) in [6, 6.07) is 16.2. The lowest BCUT2D eigenvalue weighted by Gasteiger charge is -2.25. The summed E-state index contributed by atoms with van der Waals surface area (Å²) in [7, 11) is 1.52. The highest BCUT2D eigenvalue weighted by molar-refractivity contribution is 7.10. The van der Waals surface area contributed by atoms with Gasteiger partial charge in [-0.2, -0.15) is 0 Å². The Morgan fingerprint density at radius 3 is 2.75 bits per heavy atom. The average Bonchev–Trinajstić information content (AvgIpc) is 3.49. The van der Waals surface area contributed by atoms with Crippen molar-refractivity contribution in [2.24, 2.45) is 0 Å². The summed E-state index contributed by atoms with van der Waals surface area (Å²) in [5.74, 6) is 0.471. The Labute approximate surface area is 195 Å². The van der Waals surface area contributed by atoms with Crippen LogP contribution in [-0.2, 0) is 4.79 Å². The van der Waals surface area contributed by atoms with Gasteiger partial charge >= 0.3 is 0 Å². The predicted molar refractivity (Wildman–Crippen MR) is 126 cm³/mol. The number of thiophene rings is 1. The van der Waals surface area contributed by atoms with Gasteiger partial charge in [0.1, 0.15) is 11.5 Å². The molecule has 2 aromatic carbocycles. The highest BCUT2D eigenvalue weighted by Gasteiger charge is 2.32. The minimum Gasteiger partial charge on any atom is -0.495 e. The molecule has 4 rings (SSSR count). The summed E-state index contributed by atoms with van der Waals surface area (Å²) in [6.45, 7) is 0.469. The Kier molecular flexibility index (Phi) is 6.97. The normalized spacial score (nSPS) is 15.4. The van der Waals surface area contributed by atoms with E-state index in [1.54, 1.807) is 53.8 Å². The van der Waals surface area contributed by atoms with Crippen molar-refractivity contribution in [3.05, 3.63) is 75.4 Å². The number of ether oxygens (including phenoxy) is 2. The van der Waals surface area contributed by atoms with Gasteiger partial charge < -0.3 is 19.7 Å². The fraction of sp³-hybridized carbons (Fsp3) is 0.250. The van der Waals surface area contributed by atoms with Crippen LogP contribution in [0.4, 0.5) is 5.69 Å². The summed E-state index contributed by atoms with van der Waals surface area (Å²) in [5, 5.41) is 5.16. The molecule has 0 aliphatic carbocycles. The van der Waals surface area contributed by atoms with Crippen molar-refractivity contribution < 1.29 is 19.1 Å². The first kappa shape index (κ1) is 22.2. The van der Waals surface area contributed by atoms with Crippen LogP contribution < -0.4 is 14.8 Å². The van der Waals surface area contributed by atoms with Gasteiger partial charge in [0.05, 0.1) is 23.7 Å². The van der Waals surface area contributed by atoms with E-state index in [4.69, 9.17) is 21.1 Å². The number of carbonyl (C=O) groups is 2. The number of rotatable bonds is 7. The van der Waals surface area contributed by atoms with E-state index < -0.39 is 0 Å². The Morgan fingerprint density at radius 1 is 1.16 bits per heavy atom. The molecule has 0 bridgehead atoms. The molecule has 32 heavy (non-hydrogen) atoms. The highest BCUT2D eigenvalue weighted by atomic mass is 35.5. The van der Waals surface area contributed by atoms with E-state index in [2.05, 4.69) is 11.4 Å². The van der Waals surface area contributed by atoms with Crippen molar-refractivity contribution in [1.29, 1.82) is 0 Å². The van der Waals surface area contributed by atoms with Crippen molar-refractivity contribution in [2.45, 2.75) is 18.9 Å². The zero-order chi connectivity index (χ0) is 22.5. The third-order valence-electron chi connectivity index (χ3n) is 5.30. The molecule has 1 saturated heterocycles. The Balaban J connectivity index is 1.43. The fourth-order valence-corrected chi connectivity index (χ4v) is 4.93. The number of nitrogens with one attached hydrogen (secondary N) is 1. The van der Waals surface area contributed by atoms with Gasteiger partial charge in [0.15, 0.2) is 6.61 Å². The number of hydrogen-bond acceptors (Lipinski definition) is 5. The van der Waals surface area contributed by atoms with Gasteiger partial charge in [-0.1, -0.05) is 29.8 Å². The number of benzene rings is 2. The van der Waals surface area contributed by atoms with E-state index in [0.29, 0.717) is 34.3 Å².